The molecule has 0 aromatic carbocycles. The lowest BCUT2D eigenvalue weighted by atomic mass is 10.2. The topological polar surface area (TPSA) is 127 Å². The predicted molar refractivity (Wildman–Crippen MR) is 64.6 cm³/mol. The molecule has 0 saturated heterocycles. The number of aliphatic hydroxyl groups is 3. The van der Waals surface area contributed by atoms with Crippen LogP contribution in [0.1, 0.15) is 20.8 Å². The summed E-state index contributed by atoms with van der Waals surface area (Å²) in [7, 11) is -3.13. The van der Waals surface area contributed by atoms with E-state index in [-0.39, 0.29) is 6.54 Å². The van der Waals surface area contributed by atoms with Crippen molar-refractivity contribution in [2.75, 3.05) is 13.6 Å². The summed E-state index contributed by atoms with van der Waals surface area (Å²) in [6.07, 6.45) is -4.19. The van der Waals surface area contributed by atoms with Gasteiger partial charge in [0.05, 0.1) is 6.54 Å². The Balaban J connectivity index is 5.94. The molecule has 18 heavy (non-hydrogen) atoms. The minimum Gasteiger partial charge on any atom is -0.345 e. The van der Waals surface area contributed by atoms with Crippen molar-refractivity contribution in [1.82, 2.24) is 5.32 Å². The van der Waals surface area contributed by atoms with Gasteiger partial charge >= 0.3 is 10.1 Å². The fourth-order valence-electron chi connectivity index (χ4n) is 2.33. The van der Waals surface area contributed by atoms with Crippen LogP contribution in [0.25, 0.3) is 0 Å². The van der Waals surface area contributed by atoms with Crippen molar-refractivity contribution >= 4 is 10.1 Å². The van der Waals surface area contributed by atoms with Crippen molar-refractivity contribution < 1.29 is 32.8 Å². The molecule has 0 aliphatic heterocycles. The van der Waals surface area contributed by atoms with Gasteiger partial charge in [0.1, 0.15) is 0 Å². The molecule has 4 atom stereocenters. The summed E-state index contributed by atoms with van der Waals surface area (Å²) in [5.74, 6) is 0. The first-order valence-electron chi connectivity index (χ1n) is 5.55. The molecule has 0 amide bonds. The van der Waals surface area contributed by atoms with Gasteiger partial charge in [-0.15, -0.1) is 0 Å². The Kier molecular flexibility index (Phi) is 6.14. The quantitative estimate of drug-likeness (QED) is 0.213. The molecule has 0 aliphatic rings. The smallest absolute Gasteiger partial charge is 0.320 e. The van der Waals surface area contributed by atoms with Crippen LogP contribution in [0.5, 0.6) is 0 Å². The third-order valence-corrected chi connectivity index (χ3v) is 4.38. The Morgan fingerprint density at radius 1 is 1.06 bits per heavy atom. The highest BCUT2D eigenvalue weighted by atomic mass is 32.2. The summed E-state index contributed by atoms with van der Waals surface area (Å²) in [6.45, 7) is 3.49. The molecule has 0 rings (SSSR count). The average molecular weight is 287 g/mol. The van der Waals surface area contributed by atoms with Gasteiger partial charge in [0.25, 0.3) is 0 Å². The number of quaternary nitrogens is 1. The van der Waals surface area contributed by atoms with Gasteiger partial charge in [0.2, 0.25) is 5.37 Å². The van der Waals surface area contributed by atoms with E-state index in [2.05, 4.69) is 5.32 Å². The molecule has 8 nitrogen and oxygen atoms in total. The first-order chi connectivity index (χ1) is 8.02. The van der Waals surface area contributed by atoms with Gasteiger partial charge in [-0.3, -0.25) is 4.55 Å². The van der Waals surface area contributed by atoms with Gasteiger partial charge in [-0.2, -0.15) is 8.42 Å². The molecule has 110 valence electrons. The minimum atomic E-state index is -4.59. The maximum absolute atomic E-state index is 11.4. The number of likely N-dealkylation sites (N-methyl/N-ethyl adjacent to an activating group) is 1. The number of nitrogens with one attached hydrogen (secondary N) is 1. The normalized spacial score (nSPS) is 22.9. The lowest BCUT2D eigenvalue weighted by molar-refractivity contribution is -1.05. The molecule has 4 unspecified atom stereocenters. The van der Waals surface area contributed by atoms with E-state index in [9.17, 15) is 28.3 Å². The largest absolute Gasteiger partial charge is 0.345 e. The number of nitrogens with zero attached hydrogens (tertiary/aromatic N) is 1. The molecular weight excluding hydrogens is 264 g/mol. The van der Waals surface area contributed by atoms with E-state index in [4.69, 9.17) is 0 Å². The standard InChI is InChI=1S/C9H22N2O6S/c1-6(12)11(7(2)13,8(3)14)9(5-10-4)18(15,16)17/h6-10,12-14H,5H2,1-4H3/p+1. The van der Waals surface area contributed by atoms with Gasteiger partial charge in [-0.05, 0) is 7.05 Å². The number of aliphatic hydroxyl groups excluding tert-OH is 3. The molecule has 0 aliphatic carbocycles. The lowest BCUT2D eigenvalue weighted by Gasteiger charge is -2.48. The molecule has 0 radical (unpaired) electrons. The van der Waals surface area contributed by atoms with Crippen LogP contribution in [0.3, 0.4) is 0 Å². The lowest BCUT2D eigenvalue weighted by Crippen LogP contribution is -2.72. The maximum atomic E-state index is 11.4. The number of hydrogen-bond acceptors (Lipinski definition) is 6. The van der Waals surface area contributed by atoms with E-state index < -0.39 is 38.7 Å². The predicted octanol–water partition coefficient (Wildman–Crippen LogP) is -1.75. The van der Waals surface area contributed by atoms with Gasteiger partial charge in [0, 0.05) is 20.8 Å². The Morgan fingerprint density at radius 3 is 1.56 bits per heavy atom. The summed E-state index contributed by atoms with van der Waals surface area (Å²) in [5.41, 5.74) is 0. The Labute approximate surface area is 107 Å². The fraction of sp³-hybridized carbons (Fsp3) is 1.00. The van der Waals surface area contributed by atoms with E-state index in [1.165, 1.54) is 27.8 Å². The third-order valence-electron chi connectivity index (χ3n) is 3.16. The molecule has 9 heteroatoms. The van der Waals surface area contributed by atoms with E-state index in [0.717, 1.165) is 0 Å². The highest BCUT2D eigenvalue weighted by molar-refractivity contribution is 7.86. The monoisotopic (exact) mass is 287 g/mol. The van der Waals surface area contributed by atoms with Gasteiger partial charge < -0.3 is 20.6 Å². The zero-order valence-electron chi connectivity index (χ0n) is 11.0. The van der Waals surface area contributed by atoms with E-state index in [1.807, 2.05) is 0 Å². The summed E-state index contributed by atoms with van der Waals surface area (Å²) >= 11 is 0. The van der Waals surface area contributed by atoms with Crippen LogP contribution in [-0.2, 0) is 10.1 Å². The first-order valence-corrected chi connectivity index (χ1v) is 7.06. The van der Waals surface area contributed by atoms with Crippen LogP contribution in [0.4, 0.5) is 0 Å². The molecule has 0 spiro atoms. The zero-order chi connectivity index (χ0) is 14.7. The molecule has 0 heterocycles. The summed E-state index contributed by atoms with van der Waals surface area (Å²) < 4.78 is 31.2. The van der Waals surface area contributed by atoms with Crippen molar-refractivity contribution in [2.24, 2.45) is 0 Å². The summed E-state index contributed by atoms with van der Waals surface area (Å²) in [4.78, 5) is 0. The second kappa shape index (κ2) is 6.24. The van der Waals surface area contributed by atoms with Gasteiger partial charge in [-0.25, -0.2) is 4.48 Å². The van der Waals surface area contributed by atoms with Crippen LogP contribution < -0.4 is 5.32 Å². The summed E-state index contributed by atoms with van der Waals surface area (Å²) in [5, 5.41) is 30.4. The van der Waals surface area contributed by atoms with Crippen LogP contribution in [-0.4, -0.2) is 70.4 Å². The van der Waals surface area contributed by atoms with Crippen molar-refractivity contribution in [3.05, 3.63) is 0 Å². The fourth-order valence-corrected chi connectivity index (χ4v) is 3.69. The molecule has 0 saturated carbocycles. The molecule has 0 fully saturated rings. The van der Waals surface area contributed by atoms with Crippen LogP contribution in [0.15, 0.2) is 0 Å². The second-order valence-electron chi connectivity index (χ2n) is 4.32. The Bertz CT molecular complexity index is 332. The Hall–Kier alpha value is -0.290. The van der Waals surface area contributed by atoms with E-state index in [0.29, 0.717) is 0 Å². The maximum Gasteiger partial charge on any atom is 0.320 e. The highest BCUT2D eigenvalue weighted by Crippen LogP contribution is 2.28. The Morgan fingerprint density at radius 2 is 1.39 bits per heavy atom. The SMILES string of the molecule is CNCC([N+](C(C)O)(C(C)O)C(C)O)S(=O)(=O)O. The first kappa shape index (κ1) is 17.7. The molecule has 0 aromatic heterocycles. The molecule has 0 bridgehead atoms. The second-order valence-corrected chi connectivity index (χ2v) is 5.89. The number of hydrogen-bond donors (Lipinski definition) is 5. The summed E-state index contributed by atoms with van der Waals surface area (Å²) in [6, 6.07) is 0. The van der Waals surface area contributed by atoms with Crippen LogP contribution in [0.2, 0.25) is 0 Å². The zero-order valence-corrected chi connectivity index (χ0v) is 11.8. The van der Waals surface area contributed by atoms with E-state index in [1.54, 1.807) is 0 Å². The van der Waals surface area contributed by atoms with Gasteiger partial charge in [-0.1, -0.05) is 0 Å². The van der Waals surface area contributed by atoms with Crippen molar-refractivity contribution in [1.29, 1.82) is 0 Å². The molecular formula is C9H23N2O6S+. The van der Waals surface area contributed by atoms with Crippen molar-refractivity contribution in [3.63, 3.8) is 0 Å². The number of rotatable bonds is 7. The third kappa shape index (κ3) is 3.18. The van der Waals surface area contributed by atoms with Crippen LogP contribution in [0, 0.1) is 0 Å². The minimum absolute atomic E-state index is 0.237. The van der Waals surface area contributed by atoms with Crippen molar-refractivity contribution in [2.45, 2.75) is 44.8 Å². The van der Waals surface area contributed by atoms with Gasteiger partial charge in [0.15, 0.2) is 18.7 Å². The van der Waals surface area contributed by atoms with Crippen molar-refractivity contribution in [3.8, 4) is 0 Å². The molecule has 5 N–H and O–H groups in total. The van der Waals surface area contributed by atoms with Crippen LogP contribution >= 0.6 is 0 Å². The molecule has 0 aromatic rings. The highest BCUT2D eigenvalue weighted by Gasteiger charge is 2.54. The van der Waals surface area contributed by atoms with E-state index >= 15 is 0 Å². The average Bonchev–Trinajstić information content (AvgIpc) is 2.14.